The van der Waals surface area contributed by atoms with Crippen LogP contribution in [0.5, 0.6) is 11.5 Å². The predicted octanol–water partition coefficient (Wildman–Crippen LogP) is 5.06. The molecule has 9 heteroatoms. The number of carbonyl (C=O) groups excluding carboxylic acids is 1. The molecule has 1 aliphatic carbocycles. The minimum atomic E-state index is -3.73. The van der Waals surface area contributed by atoms with Crippen molar-refractivity contribution in [2.75, 3.05) is 0 Å². The maximum atomic E-state index is 14.2. The van der Waals surface area contributed by atoms with Crippen molar-refractivity contribution in [2.45, 2.75) is 37.9 Å². The third-order valence-electron chi connectivity index (χ3n) is 6.21. The van der Waals surface area contributed by atoms with E-state index in [1.165, 1.54) is 24.3 Å². The Hall–Kier alpha value is -3.88. The third-order valence-corrected chi connectivity index (χ3v) is 6.21. The van der Waals surface area contributed by atoms with Crippen LogP contribution in [0, 0.1) is 12.7 Å². The van der Waals surface area contributed by atoms with Crippen molar-refractivity contribution in [3.8, 4) is 22.8 Å². The van der Waals surface area contributed by atoms with E-state index in [0.717, 1.165) is 11.6 Å². The summed E-state index contributed by atoms with van der Waals surface area (Å²) in [5.74, 6) is -2.55. The van der Waals surface area contributed by atoms with E-state index in [1.807, 2.05) is 0 Å². The van der Waals surface area contributed by atoms with E-state index in [9.17, 15) is 22.8 Å². The second-order valence-corrected chi connectivity index (χ2v) is 8.48. The molecular formula is C25H18F3NO5. The lowest BCUT2D eigenvalue weighted by Crippen LogP contribution is -2.26. The summed E-state index contributed by atoms with van der Waals surface area (Å²) in [4.78, 5) is 28.9. The number of ketones is 1. The number of carboxylic acids is 1. The molecule has 0 spiro atoms. The number of hydrogen-bond acceptors (Lipinski definition) is 5. The van der Waals surface area contributed by atoms with Crippen LogP contribution in [0.1, 0.15) is 40.0 Å². The van der Waals surface area contributed by atoms with Crippen LogP contribution >= 0.6 is 0 Å². The molecule has 2 heterocycles. The van der Waals surface area contributed by atoms with Crippen molar-refractivity contribution >= 4 is 11.8 Å². The molecule has 1 aliphatic heterocycles. The number of fused-ring (bicyclic) bond motifs is 1. The van der Waals surface area contributed by atoms with Gasteiger partial charge in [-0.05, 0) is 61.2 Å². The van der Waals surface area contributed by atoms with Crippen LogP contribution in [0.15, 0.2) is 48.5 Å². The van der Waals surface area contributed by atoms with Gasteiger partial charge in [0.05, 0.1) is 16.7 Å². The lowest BCUT2D eigenvalue weighted by atomic mass is 9.88. The van der Waals surface area contributed by atoms with E-state index in [-0.39, 0.29) is 23.7 Å². The molecule has 1 saturated carbocycles. The standard InChI is InChI=1S/C25H18F3NO5/c1-13-2-5-16(29-22(13)14-3-6-17(23(31)32)18(26)10-14)12-21(30)24(8-9-24)15-4-7-19-20(11-15)34-25(27,28)33-19/h2-7,10-11H,8-9,12H2,1H3,(H,31,32). The molecule has 1 aromatic heterocycles. The van der Waals surface area contributed by atoms with Crippen LogP contribution in [-0.2, 0) is 16.6 Å². The van der Waals surface area contributed by atoms with Gasteiger partial charge in [-0.2, -0.15) is 0 Å². The van der Waals surface area contributed by atoms with Crippen molar-refractivity contribution in [1.82, 2.24) is 4.98 Å². The number of aromatic carboxylic acids is 1. The fraction of sp³-hybridized carbons (Fsp3) is 0.240. The SMILES string of the molecule is Cc1ccc(CC(=O)C2(c3ccc4c(c3)OC(F)(F)O4)CC2)nc1-c1ccc(C(=O)O)c(F)c1. The number of ether oxygens (including phenoxy) is 2. The fourth-order valence-electron chi connectivity index (χ4n) is 4.23. The van der Waals surface area contributed by atoms with Crippen molar-refractivity contribution in [1.29, 1.82) is 0 Å². The molecule has 0 bridgehead atoms. The summed E-state index contributed by atoms with van der Waals surface area (Å²) in [5, 5.41) is 9.03. The van der Waals surface area contributed by atoms with E-state index in [4.69, 9.17) is 5.11 Å². The molecule has 0 atom stereocenters. The number of carbonyl (C=O) groups is 2. The highest BCUT2D eigenvalue weighted by molar-refractivity contribution is 5.94. The van der Waals surface area contributed by atoms with Crippen LogP contribution in [0.3, 0.4) is 0 Å². The topological polar surface area (TPSA) is 85.7 Å². The van der Waals surface area contributed by atoms with Gasteiger partial charge in [0, 0.05) is 17.7 Å². The molecule has 0 unspecified atom stereocenters. The van der Waals surface area contributed by atoms with E-state index in [1.54, 1.807) is 25.1 Å². The monoisotopic (exact) mass is 469 g/mol. The molecule has 3 aromatic rings. The third kappa shape index (κ3) is 3.76. The highest BCUT2D eigenvalue weighted by atomic mass is 19.3. The summed E-state index contributed by atoms with van der Waals surface area (Å²) >= 11 is 0. The number of benzene rings is 2. The molecule has 5 rings (SSSR count). The predicted molar refractivity (Wildman–Crippen MR) is 114 cm³/mol. The van der Waals surface area contributed by atoms with Crippen molar-refractivity contribution < 1.29 is 37.3 Å². The number of rotatable bonds is 6. The average Bonchev–Trinajstić information content (AvgIpc) is 3.52. The van der Waals surface area contributed by atoms with E-state index >= 15 is 0 Å². The Labute approximate surface area is 192 Å². The Bertz CT molecular complexity index is 1350. The number of aryl methyl sites for hydroxylation is 1. The number of hydrogen-bond donors (Lipinski definition) is 1. The largest absolute Gasteiger partial charge is 0.586 e. The maximum Gasteiger partial charge on any atom is 0.586 e. The zero-order valence-corrected chi connectivity index (χ0v) is 17.9. The summed E-state index contributed by atoms with van der Waals surface area (Å²) in [5.41, 5.74) is 1.37. The smallest absolute Gasteiger partial charge is 0.478 e. The van der Waals surface area contributed by atoms with Gasteiger partial charge >= 0.3 is 12.3 Å². The van der Waals surface area contributed by atoms with Crippen molar-refractivity contribution in [3.63, 3.8) is 0 Å². The van der Waals surface area contributed by atoms with Gasteiger partial charge in [-0.1, -0.05) is 18.2 Å². The molecule has 2 aliphatic rings. The van der Waals surface area contributed by atoms with Gasteiger partial charge < -0.3 is 14.6 Å². The minimum Gasteiger partial charge on any atom is -0.478 e. The molecular weight excluding hydrogens is 451 g/mol. The Balaban J connectivity index is 1.40. The zero-order valence-electron chi connectivity index (χ0n) is 17.9. The van der Waals surface area contributed by atoms with E-state index < -0.39 is 29.1 Å². The van der Waals surface area contributed by atoms with Crippen LogP contribution < -0.4 is 9.47 Å². The average molecular weight is 469 g/mol. The second kappa shape index (κ2) is 7.58. The summed E-state index contributed by atoms with van der Waals surface area (Å²) in [6, 6.07) is 11.6. The number of alkyl halides is 2. The van der Waals surface area contributed by atoms with Crippen LogP contribution in [0.2, 0.25) is 0 Å². The van der Waals surface area contributed by atoms with Gasteiger partial charge in [0.1, 0.15) is 11.6 Å². The lowest BCUT2D eigenvalue weighted by Gasteiger charge is -2.16. The number of pyridine rings is 1. The molecule has 0 amide bonds. The maximum absolute atomic E-state index is 14.2. The number of carboxylic acid groups (broad SMARTS) is 1. The summed E-state index contributed by atoms with van der Waals surface area (Å²) in [7, 11) is 0. The van der Waals surface area contributed by atoms with Gasteiger partial charge in [-0.25, -0.2) is 9.18 Å². The van der Waals surface area contributed by atoms with Crippen LogP contribution in [0.4, 0.5) is 13.2 Å². The molecule has 0 radical (unpaired) electrons. The molecule has 2 aromatic carbocycles. The van der Waals surface area contributed by atoms with Gasteiger partial charge in [-0.3, -0.25) is 9.78 Å². The van der Waals surface area contributed by atoms with E-state index in [0.29, 0.717) is 35.4 Å². The lowest BCUT2D eigenvalue weighted by molar-refractivity contribution is -0.286. The summed E-state index contributed by atoms with van der Waals surface area (Å²) in [6.45, 7) is 1.78. The molecule has 0 saturated heterocycles. The van der Waals surface area contributed by atoms with Crippen molar-refractivity contribution in [3.05, 3.63) is 76.7 Å². The normalized spacial score (nSPS) is 16.8. The molecule has 174 valence electrons. The number of aromatic nitrogens is 1. The van der Waals surface area contributed by atoms with Gasteiger partial charge in [0.2, 0.25) is 0 Å². The highest BCUT2D eigenvalue weighted by Crippen LogP contribution is 2.52. The molecule has 1 fully saturated rings. The van der Waals surface area contributed by atoms with Crippen LogP contribution in [0.25, 0.3) is 11.3 Å². The first-order valence-corrected chi connectivity index (χ1v) is 10.5. The second-order valence-electron chi connectivity index (χ2n) is 8.48. The van der Waals surface area contributed by atoms with Crippen molar-refractivity contribution in [2.24, 2.45) is 0 Å². The van der Waals surface area contributed by atoms with Crippen LogP contribution in [-0.4, -0.2) is 28.1 Å². The first-order valence-electron chi connectivity index (χ1n) is 10.5. The minimum absolute atomic E-state index is 0.00638. The molecule has 34 heavy (non-hydrogen) atoms. The zero-order chi connectivity index (χ0) is 24.3. The highest BCUT2D eigenvalue weighted by Gasteiger charge is 2.52. The fourth-order valence-corrected chi connectivity index (χ4v) is 4.23. The van der Waals surface area contributed by atoms with E-state index in [2.05, 4.69) is 14.5 Å². The number of Topliss-reactive ketones (excluding diaryl/α,β-unsaturated/α-hetero) is 1. The van der Waals surface area contributed by atoms with Gasteiger partial charge in [0.25, 0.3) is 0 Å². The summed E-state index contributed by atoms with van der Waals surface area (Å²) < 4.78 is 49.8. The summed E-state index contributed by atoms with van der Waals surface area (Å²) in [6.07, 6.45) is -2.59. The number of halogens is 3. The van der Waals surface area contributed by atoms with Gasteiger partial charge in [-0.15, -0.1) is 8.78 Å². The molecule has 6 nitrogen and oxygen atoms in total. The Morgan fingerprint density at radius 2 is 1.76 bits per heavy atom. The number of nitrogens with zero attached hydrogens (tertiary/aromatic N) is 1. The molecule has 1 N–H and O–H groups in total. The Morgan fingerprint density at radius 3 is 2.44 bits per heavy atom. The van der Waals surface area contributed by atoms with Gasteiger partial charge in [0.15, 0.2) is 11.5 Å². The first-order chi connectivity index (χ1) is 16.1. The quantitative estimate of drug-likeness (QED) is 0.543. The first kappa shape index (κ1) is 21.9. The Kier molecular flexibility index (Phi) is 4.89. The Morgan fingerprint density at radius 1 is 1.03 bits per heavy atom.